The smallest absolute Gasteiger partial charge is 0.191 e. The second kappa shape index (κ2) is 13.2. The van der Waals surface area contributed by atoms with E-state index < -0.39 is 10.8 Å². The van der Waals surface area contributed by atoms with E-state index in [4.69, 9.17) is 0 Å². The molecule has 0 amide bonds. The normalized spacial score (nSPS) is 12.3. The van der Waals surface area contributed by atoms with Crippen LogP contribution in [0.1, 0.15) is 23.7 Å². The minimum atomic E-state index is -1.01. The van der Waals surface area contributed by atoms with Crippen LogP contribution in [0.5, 0.6) is 0 Å². The monoisotopic (exact) mass is 506 g/mol. The molecular formula is C18H27IN4OS2. The molecule has 1 atom stereocenters. The molecule has 1 aromatic carbocycles. The van der Waals surface area contributed by atoms with Crippen molar-refractivity contribution in [2.45, 2.75) is 31.6 Å². The van der Waals surface area contributed by atoms with Gasteiger partial charge in [0.25, 0.3) is 0 Å². The fourth-order valence-corrected chi connectivity index (χ4v) is 4.00. The van der Waals surface area contributed by atoms with Gasteiger partial charge in [-0.15, -0.1) is 35.3 Å². The molecule has 0 bridgehead atoms. The van der Waals surface area contributed by atoms with Gasteiger partial charge in [-0.2, -0.15) is 0 Å². The highest BCUT2D eigenvalue weighted by Crippen LogP contribution is 2.13. The lowest BCUT2D eigenvalue weighted by Gasteiger charge is -2.10. The third-order valence-electron chi connectivity index (χ3n) is 3.48. The lowest BCUT2D eigenvalue weighted by Crippen LogP contribution is -2.38. The number of aryl methyl sites for hydroxylation is 1. The van der Waals surface area contributed by atoms with Gasteiger partial charge >= 0.3 is 0 Å². The summed E-state index contributed by atoms with van der Waals surface area (Å²) in [4.78, 5) is 11.1. The number of rotatable bonds is 9. The minimum absolute atomic E-state index is 0. The van der Waals surface area contributed by atoms with Gasteiger partial charge in [0.1, 0.15) is 0 Å². The van der Waals surface area contributed by atoms with Gasteiger partial charge in [0, 0.05) is 41.2 Å². The molecule has 2 N–H and O–H groups in total. The Bertz CT molecular complexity index is 692. The van der Waals surface area contributed by atoms with Crippen LogP contribution in [0, 0.1) is 0 Å². The number of thiazole rings is 1. The van der Waals surface area contributed by atoms with Crippen LogP contribution < -0.4 is 10.6 Å². The maximum Gasteiger partial charge on any atom is 0.191 e. The number of nitrogens with zero attached hydrogens (tertiary/aromatic N) is 2. The number of aliphatic imine (C=N–C) groups is 1. The number of benzene rings is 1. The van der Waals surface area contributed by atoms with E-state index in [2.05, 4.69) is 27.5 Å². The zero-order chi connectivity index (χ0) is 17.9. The molecule has 0 aliphatic carbocycles. The van der Waals surface area contributed by atoms with Crippen LogP contribution >= 0.6 is 35.3 Å². The van der Waals surface area contributed by atoms with Crippen molar-refractivity contribution in [3.63, 3.8) is 0 Å². The number of hydrogen-bond donors (Lipinski definition) is 2. The topological polar surface area (TPSA) is 66.4 Å². The zero-order valence-corrected chi connectivity index (χ0v) is 19.2. The zero-order valence-electron chi connectivity index (χ0n) is 15.2. The Hall–Kier alpha value is -1.00. The number of hydrogen-bond acceptors (Lipinski definition) is 4. The maximum atomic E-state index is 12.2. The fourth-order valence-electron chi connectivity index (χ4n) is 2.19. The highest BCUT2D eigenvalue weighted by Gasteiger charge is 2.04. The summed E-state index contributed by atoms with van der Waals surface area (Å²) in [6.07, 6.45) is 3.87. The molecule has 1 aromatic heterocycles. The summed E-state index contributed by atoms with van der Waals surface area (Å²) in [7, 11) is -1.01. The summed E-state index contributed by atoms with van der Waals surface area (Å²) in [6.45, 7) is 6.28. The van der Waals surface area contributed by atoms with E-state index >= 15 is 0 Å². The molecule has 144 valence electrons. The van der Waals surface area contributed by atoms with Crippen LogP contribution in [0.15, 0.2) is 46.4 Å². The molecule has 5 nitrogen and oxygen atoms in total. The van der Waals surface area contributed by atoms with Crippen LogP contribution in [-0.2, 0) is 23.6 Å². The standard InChI is InChI=1S/C18H26N4OS2.HI/c1-3-15-14-22-17(24-15)10-11-20-18(19-4-2)21-12-13-25(23)16-8-6-5-7-9-16;/h5-9,14H,3-4,10-13H2,1-2H3,(H2,19,20,21);1H. The predicted molar refractivity (Wildman–Crippen MR) is 122 cm³/mol. The summed E-state index contributed by atoms with van der Waals surface area (Å²) < 4.78 is 12.2. The van der Waals surface area contributed by atoms with E-state index in [1.807, 2.05) is 43.5 Å². The summed E-state index contributed by atoms with van der Waals surface area (Å²) in [6, 6.07) is 9.52. The summed E-state index contributed by atoms with van der Waals surface area (Å²) >= 11 is 1.77. The third kappa shape index (κ3) is 8.13. The SMILES string of the molecule is CCNC(=NCCS(=O)c1ccccc1)NCCc1ncc(CC)s1.I. The van der Waals surface area contributed by atoms with Crippen molar-refractivity contribution in [2.24, 2.45) is 4.99 Å². The summed E-state index contributed by atoms with van der Waals surface area (Å²) in [5, 5.41) is 7.68. The van der Waals surface area contributed by atoms with E-state index in [1.54, 1.807) is 11.3 Å². The van der Waals surface area contributed by atoms with Gasteiger partial charge in [-0.1, -0.05) is 25.1 Å². The second-order valence-corrected chi connectivity index (χ2v) is 8.14. The lowest BCUT2D eigenvalue weighted by molar-refractivity contribution is 0.682. The van der Waals surface area contributed by atoms with Crippen molar-refractivity contribution in [2.75, 3.05) is 25.4 Å². The highest BCUT2D eigenvalue weighted by molar-refractivity contribution is 14.0. The van der Waals surface area contributed by atoms with E-state index in [0.29, 0.717) is 12.3 Å². The van der Waals surface area contributed by atoms with Crippen LogP contribution in [0.3, 0.4) is 0 Å². The van der Waals surface area contributed by atoms with Crippen molar-refractivity contribution in [1.29, 1.82) is 0 Å². The van der Waals surface area contributed by atoms with Gasteiger partial charge < -0.3 is 10.6 Å². The van der Waals surface area contributed by atoms with Gasteiger partial charge in [0.2, 0.25) is 0 Å². The predicted octanol–water partition coefficient (Wildman–Crippen LogP) is 3.23. The Morgan fingerprint density at radius 2 is 2.00 bits per heavy atom. The van der Waals surface area contributed by atoms with Gasteiger partial charge in [-0.25, -0.2) is 4.98 Å². The maximum absolute atomic E-state index is 12.2. The highest BCUT2D eigenvalue weighted by atomic mass is 127. The molecule has 2 rings (SSSR count). The molecule has 0 saturated heterocycles. The Kier molecular flexibility index (Phi) is 11.7. The second-order valence-electron chi connectivity index (χ2n) is 5.37. The molecule has 0 aliphatic heterocycles. The average Bonchev–Trinajstić information content (AvgIpc) is 3.10. The Morgan fingerprint density at radius 1 is 1.23 bits per heavy atom. The summed E-state index contributed by atoms with van der Waals surface area (Å²) in [5.41, 5.74) is 0. The first-order valence-corrected chi connectivity index (χ1v) is 10.8. The summed E-state index contributed by atoms with van der Waals surface area (Å²) in [5.74, 6) is 1.28. The molecule has 1 unspecified atom stereocenters. The van der Waals surface area contributed by atoms with E-state index in [1.165, 1.54) is 4.88 Å². The lowest BCUT2D eigenvalue weighted by atomic mass is 10.4. The Morgan fingerprint density at radius 3 is 2.65 bits per heavy atom. The molecular weight excluding hydrogens is 479 g/mol. The number of halogens is 1. The molecule has 0 radical (unpaired) electrons. The van der Waals surface area contributed by atoms with Crippen molar-refractivity contribution in [3.8, 4) is 0 Å². The van der Waals surface area contributed by atoms with Crippen molar-refractivity contribution < 1.29 is 4.21 Å². The van der Waals surface area contributed by atoms with Crippen LogP contribution in [0.25, 0.3) is 0 Å². The van der Waals surface area contributed by atoms with E-state index in [9.17, 15) is 4.21 Å². The molecule has 0 spiro atoms. The fraction of sp³-hybridized carbons (Fsp3) is 0.444. The number of aromatic nitrogens is 1. The third-order valence-corrected chi connectivity index (χ3v) is 6.03. The molecule has 26 heavy (non-hydrogen) atoms. The molecule has 0 saturated carbocycles. The van der Waals surface area contributed by atoms with Crippen LogP contribution in [0.4, 0.5) is 0 Å². The molecule has 0 fully saturated rings. The largest absolute Gasteiger partial charge is 0.357 e. The van der Waals surface area contributed by atoms with Crippen molar-refractivity contribution >= 4 is 52.1 Å². The van der Waals surface area contributed by atoms with Gasteiger partial charge in [-0.05, 0) is 25.5 Å². The Balaban J connectivity index is 0.00000338. The molecule has 8 heteroatoms. The molecule has 0 aliphatic rings. The van der Waals surface area contributed by atoms with Crippen molar-refractivity contribution in [3.05, 3.63) is 46.4 Å². The van der Waals surface area contributed by atoms with Crippen LogP contribution in [-0.4, -0.2) is 40.5 Å². The average molecular weight is 506 g/mol. The first-order valence-electron chi connectivity index (χ1n) is 8.62. The quantitative estimate of drug-likeness (QED) is 0.312. The van der Waals surface area contributed by atoms with Crippen molar-refractivity contribution in [1.82, 2.24) is 15.6 Å². The van der Waals surface area contributed by atoms with E-state index in [0.717, 1.165) is 41.8 Å². The molecule has 2 aromatic rings. The van der Waals surface area contributed by atoms with Crippen LogP contribution in [0.2, 0.25) is 0 Å². The minimum Gasteiger partial charge on any atom is -0.357 e. The van der Waals surface area contributed by atoms with E-state index in [-0.39, 0.29) is 24.0 Å². The first-order chi connectivity index (χ1) is 12.2. The molecule has 1 heterocycles. The van der Waals surface area contributed by atoms with Gasteiger partial charge in [0.05, 0.1) is 22.4 Å². The van der Waals surface area contributed by atoms with Gasteiger partial charge in [0.15, 0.2) is 5.96 Å². The van der Waals surface area contributed by atoms with Gasteiger partial charge in [-0.3, -0.25) is 9.20 Å². The number of guanidine groups is 1. The first kappa shape index (κ1) is 23.0. The number of nitrogens with one attached hydrogen (secondary N) is 2. The Labute approximate surface area is 179 Å².